The minimum atomic E-state index is -4.54. The number of nitrogens with one attached hydrogen (secondary N) is 1. The van der Waals surface area contributed by atoms with Crippen molar-refractivity contribution in [2.45, 2.75) is 25.1 Å². The number of alkyl halides is 3. The van der Waals surface area contributed by atoms with Crippen LogP contribution in [0, 0.1) is 0 Å². The number of aliphatic carboxylic acids is 2. The Labute approximate surface area is 122 Å². The van der Waals surface area contributed by atoms with Crippen LogP contribution in [0.5, 0.6) is 0 Å². The zero-order valence-electron chi connectivity index (χ0n) is 11.1. The maximum atomic E-state index is 12.4. The number of hydrogen-bond acceptors (Lipinski definition) is 3. The van der Waals surface area contributed by atoms with E-state index in [1.165, 1.54) is 0 Å². The molecule has 1 atom stereocenters. The van der Waals surface area contributed by atoms with E-state index in [2.05, 4.69) is 5.32 Å². The molecule has 0 aliphatic rings. The molecule has 0 heterocycles. The SMILES string of the molecule is O=C(O)CCC(NC(=O)c1ccc(C(F)(F)F)cc1)C(=O)O. The summed E-state index contributed by atoms with van der Waals surface area (Å²) in [6, 6.07) is 1.78. The minimum absolute atomic E-state index is 0.158. The molecule has 1 aromatic rings. The third kappa shape index (κ3) is 5.08. The molecule has 6 nitrogen and oxygen atoms in total. The average Bonchev–Trinajstić information content (AvgIpc) is 2.41. The second-order valence-electron chi connectivity index (χ2n) is 4.37. The summed E-state index contributed by atoms with van der Waals surface area (Å²) in [4.78, 5) is 33.1. The number of hydrogen-bond donors (Lipinski definition) is 3. The van der Waals surface area contributed by atoms with Gasteiger partial charge in [-0.15, -0.1) is 0 Å². The van der Waals surface area contributed by atoms with Crippen molar-refractivity contribution in [2.24, 2.45) is 0 Å². The maximum Gasteiger partial charge on any atom is 0.416 e. The molecule has 3 N–H and O–H groups in total. The van der Waals surface area contributed by atoms with E-state index in [0.29, 0.717) is 12.1 Å². The van der Waals surface area contributed by atoms with Crippen LogP contribution in [0.3, 0.4) is 0 Å². The molecular weight excluding hydrogens is 307 g/mol. The van der Waals surface area contributed by atoms with E-state index in [-0.39, 0.29) is 12.0 Å². The van der Waals surface area contributed by atoms with Gasteiger partial charge in [0, 0.05) is 12.0 Å². The first-order valence-electron chi connectivity index (χ1n) is 6.04. The Hall–Kier alpha value is -2.58. The summed E-state index contributed by atoms with van der Waals surface area (Å²) in [5, 5.41) is 19.4. The molecule has 0 aliphatic heterocycles. The molecule has 120 valence electrons. The van der Waals surface area contributed by atoms with Gasteiger partial charge in [-0.25, -0.2) is 4.79 Å². The van der Waals surface area contributed by atoms with Crippen LogP contribution >= 0.6 is 0 Å². The normalized spacial score (nSPS) is 12.5. The molecule has 22 heavy (non-hydrogen) atoms. The molecule has 1 unspecified atom stereocenters. The molecule has 0 spiro atoms. The van der Waals surface area contributed by atoms with Crippen molar-refractivity contribution in [3.8, 4) is 0 Å². The summed E-state index contributed by atoms with van der Waals surface area (Å²) in [5.74, 6) is -3.55. The Morgan fingerprint density at radius 3 is 2.05 bits per heavy atom. The van der Waals surface area contributed by atoms with E-state index in [0.717, 1.165) is 12.1 Å². The first-order chi connectivity index (χ1) is 10.1. The molecular formula is C13H12F3NO5. The highest BCUT2D eigenvalue weighted by Crippen LogP contribution is 2.29. The van der Waals surface area contributed by atoms with Gasteiger partial charge in [-0.05, 0) is 30.7 Å². The van der Waals surface area contributed by atoms with Crippen LogP contribution in [0.2, 0.25) is 0 Å². The quantitative estimate of drug-likeness (QED) is 0.741. The lowest BCUT2D eigenvalue weighted by atomic mass is 10.1. The number of carbonyl (C=O) groups is 3. The Morgan fingerprint density at radius 2 is 1.64 bits per heavy atom. The Morgan fingerprint density at radius 1 is 1.09 bits per heavy atom. The van der Waals surface area contributed by atoms with Crippen molar-refractivity contribution in [1.29, 1.82) is 0 Å². The van der Waals surface area contributed by atoms with E-state index in [4.69, 9.17) is 10.2 Å². The summed E-state index contributed by atoms with van der Waals surface area (Å²) < 4.78 is 37.1. The molecule has 1 aromatic carbocycles. The van der Waals surface area contributed by atoms with E-state index in [1.54, 1.807) is 0 Å². The van der Waals surface area contributed by atoms with Gasteiger partial charge in [0.1, 0.15) is 6.04 Å². The summed E-state index contributed by atoms with van der Waals surface area (Å²) in [7, 11) is 0. The van der Waals surface area contributed by atoms with Gasteiger partial charge in [0.25, 0.3) is 5.91 Å². The topological polar surface area (TPSA) is 104 Å². The van der Waals surface area contributed by atoms with Gasteiger partial charge in [-0.3, -0.25) is 9.59 Å². The number of carboxylic acid groups (broad SMARTS) is 2. The second kappa shape index (κ2) is 6.92. The average molecular weight is 319 g/mol. The van der Waals surface area contributed by atoms with E-state index >= 15 is 0 Å². The van der Waals surface area contributed by atoms with Gasteiger partial charge in [-0.2, -0.15) is 13.2 Å². The van der Waals surface area contributed by atoms with Crippen LogP contribution in [0.4, 0.5) is 13.2 Å². The lowest BCUT2D eigenvalue weighted by Gasteiger charge is -2.14. The summed E-state index contributed by atoms with van der Waals surface area (Å²) >= 11 is 0. The molecule has 0 saturated heterocycles. The monoisotopic (exact) mass is 319 g/mol. The summed E-state index contributed by atoms with van der Waals surface area (Å²) in [6.45, 7) is 0. The predicted molar refractivity (Wildman–Crippen MR) is 67.2 cm³/mol. The predicted octanol–water partition coefficient (Wildman–Crippen LogP) is 1.75. The van der Waals surface area contributed by atoms with Crippen LogP contribution in [0.1, 0.15) is 28.8 Å². The smallest absolute Gasteiger partial charge is 0.416 e. The molecule has 9 heteroatoms. The zero-order chi connectivity index (χ0) is 16.9. The standard InChI is InChI=1S/C13H12F3NO5/c14-13(15,16)8-3-1-7(2-4-8)11(20)17-9(12(21)22)5-6-10(18)19/h1-4,9H,5-6H2,(H,17,20)(H,18,19)(H,21,22). The molecule has 0 fully saturated rings. The van der Waals surface area contributed by atoms with Crippen LogP contribution in [0.15, 0.2) is 24.3 Å². The number of halogens is 3. The highest BCUT2D eigenvalue weighted by Gasteiger charge is 2.30. The van der Waals surface area contributed by atoms with Crippen LogP contribution in [0.25, 0.3) is 0 Å². The fourth-order valence-electron chi connectivity index (χ4n) is 1.58. The molecule has 0 radical (unpaired) electrons. The van der Waals surface area contributed by atoms with Crippen LogP contribution < -0.4 is 5.32 Å². The largest absolute Gasteiger partial charge is 0.481 e. The van der Waals surface area contributed by atoms with E-state index < -0.39 is 42.0 Å². The van der Waals surface area contributed by atoms with Gasteiger partial charge < -0.3 is 15.5 Å². The summed E-state index contributed by atoms with van der Waals surface area (Å²) in [6.07, 6.45) is -5.35. The third-order valence-electron chi connectivity index (χ3n) is 2.72. The molecule has 0 saturated carbocycles. The maximum absolute atomic E-state index is 12.4. The molecule has 0 aliphatic carbocycles. The lowest BCUT2D eigenvalue weighted by Crippen LogP contribution is -2.41. The van der Waals surface area contributed by atoms with Crippen molar-refractivity contribution in [2.75, 3.05) is 0 Å². The Balaban J connectivity index is 2.77. The number of carboxylic acids is 2. The molecule has 1 amide bonds. The van der Waals surface area contributed by atoms with Gasteiger partial charge in [0.05, 0.1) is 5.56 Å². The lowest BCUT2D eigenvalue weighted by molar-refractivity contribution is -0.140. The molecule has 0 bridgehead atoms. The fourth-order valence-corrected chi connectivity index (χ4v) is 1.58. The van der Waals surface area contributed by atoms with Crippen molar-refractivity contribution >= 4 is 17.8 Å². The van der Waals surface area contributed by atoms with Gasteiger partial charge in [0.2, 0.25) is 0 Å². The van der Waals surface area contributed by atoms with Crippen LogP contribution in [-0.4, -0.2) is 34.1 Å². The van der Waals surface area contributed by atoms with Gasteiger partial charge in [0.15, 0.2) is 0 Å². The van der Waals surface area contributed by atoms with Gasteiger partial charge >= 0.3 is 18.1 Å². The van der Waals surface area contributed by atoms with E-state index in [9.17, 15) is 27.6 Å². The van der Waals surface area contributed by atoms with Crippen molar-refractivity contribution < 1.29 is 37.8 Å². The van der Waals surface area contributed by atoms with Crippen molar-refractivity contribution in [3.63, 3.8) is 0 Å². The number of amides is 1. The fraction of sp³-hybridized carbons (Fsp3) is 0.308. The van der Waals surface area contributed by atoms with E-state index in [1.807, 2.05) is 0 Å². The number of rotatable bonds is 6. The summed E-state index contributed by atoms with van der Waals surface area (Å²) in [5.41, 5.74) is -1.10. The molecule has 1 rings (SSSR count). The zero-order valence-corrected chi connectivity index (χ0v) is 11.1. The first kappa shape index (κ1) is 17.5. The first-order valence-corrected chi connectivity index (χ1v) is 6.04. The van der Waals surface area contributed by atoms with Crippen molar-refractivity contribution in [1.82, 2.24) is 5.32 Å². The minimum Gasteiger partial charge on any atom is -0.481 e. The van der Waals surface area contributed by atoms with Crippen LogP contribution in [-0.2, 0) is 15.8 Å². The molecule has 0 aromatic heterocycles. The van der Waals surface area contributed by atoms with Gasteiger partial charge in [-0.1, -0.05) is 0 Å². The second-order valence-corrected chi connectivity index (χ2v) is 4.37. The third-order valence-corrected chi connectivity index (χ3v) is 2.72. The number of benzene rings is 1. The Kier molecular flexibility index (Phi) is 5.50. The highest BCUT2D eigenvalue weighted by atomic mass is 19.4. The number of carbonyl (C=O) groups excluding carboxylic acids is 1. The Bertz CT molecular complexity index is 568. The highest BCUT2D eigenvalue weighted by molar-refractivity contribution is 5.96. The van der Waals surface area contributed by atoms with Crippen molar-refractivity contribution in [3.05, 3.63) is 35.4 Å².